The number of anilines is 2. The first-order valence-electron chi connectivity index (χ1n) is 9.43. The van der Waals surface area contributed by atoms with Crippen LogP contribution in [0.3, 0.4) is 0 Å². The van der Waals surface area contributed by atoms with E-state index >= 15 is 0 Å². The first-order valence-corrected chi connectivity index (χ1v) is 9.43. The summed E-state index contributed by atoms with van der Waals surface area (Å²) in [4.78, 5) is 36.7. The van der Waals surface area contributed by atoms with Crippen LogP contribution in [0.25, 0.3) is 0 Å². The second kappa shape index (κ2) is 10.3. The average molecular weight is 397 g/mol. The van der Waals surface area contributed by atoms with E-state index in [0.29, 0.717) is 11.4 Å². The molecule has 0 radical (unpaired) electrons. The predicted octanol–water partition coefficient (Wildman–Crippen LogP) is 3.63. The molecule has 0 fully saturated rings. The Morgan fingerprint density at radius 1 is 0.931 bits per heavy atom. The highest BCUT2D eigenvalue weighted by atomic mass is 16.5. The van der Waals surface area contributed by atoms with Crippen molar-refractivity contribution in [3.63, 3.8) is 0 Å². The molecule has 154 valence electrons. The van der Waals surface area contributed by atoms with E-state index in [0.717, 1.165) is 11.1 Å². The summed E-state index contributed by atoms with van der Waals surface area (Å²) in [6, 6.07) is 13.1. The Morgan fingerprint density at radius 3 is 2.28 bits per heavy atom. The quantitative estimate of drug-likeness (QED) is 0.622. The summed E-state index contributed by atoms with van der Waals surface area (Å²) in [6.07, 6.45) is 0. The van der Waals surface area contributed by atoms with Crippen molar-refractivity contribution in [3.8, 4) is 0 Å². The van der Waals surface area contributed by atoms with E-state index in [1.807, 2.05) is 32.0 Å². The summed E-state index contributed by atoms with van der Waals surface area (Å²) in [5.41, 5.74) is 3.28. The van der Waals surface area contributed by atoms with Gasteiger partial charge in [-0.05, 0) is 49.1 Å². The number of ether oxygens (including phenoxy) is 1. The molecular formula is C22H27N3O4. The maximum Gasteiger partial charge on any atom is 0.329 e. The number of urea groups is 1. The van der Waals surface area contributed by atoms with E-state index in [1.165, 1.54) is 0 Å². The van der Waals surface area contributed by atoms with Gasteiger partial charge in [0.1, 0.15) is 6.04 Å². The van der Waals surface area contributed by atoms with Gasteiger partial charge in [0.15, 0.2) is 6.61 Å². The highest BCUT2D eigenvalue weighted by Crippen LogP contribution is 2.17. The van der Waals surface area contributed by atoms with Crippen molar-refractivity contribution < 1.29 is 19.1 Å². The minimum Gasteiger partial charge on any atom is -0.454 e. The zero-order valence-electron chi connectivity index (χ0n) is 17.1. The van der Waals surface area contributed by atoms with Gasteiger partial charge in [0.25, 0.3) is 5.91 Å². The molecule has 0 aliphatic rings. The van der Waals surface area contributed by atoms with Gasteiger partial charge in [-0.15, -0.1) is 0 Å². The molecule has 29 heavy (non-hydrogen) atoms. The maximum atomic E-state index is 12.4. The van der Waals surface area contributed by atoms with Crippen LogP contribution in [0.1, 0.15) is 25.0 Å². The van der Waals surface area contributed by atoms with E-state index in [9.17, 15) is 14.4 Å². The first-order chi connectivity index (χ1) is 13.8. The molecule has 0 spiro atoms. The molecule has 0 unspecified atom stereocenters. The third kappa shape index (κ3) is 6.64. The number of amides is 3. The van der Waals surface area contributed by atoms with Crippen LogP contribution >= 0.6 is 0 Å². The van der Waals surface area contributed by atoms with Crippen LogP contribution < -0.4 is 16.0 Å². The summed E-state index contributed by atoms with van der Waals surface area (Å²) in [5, 5.41) is 7.98. The third-order valence-corrected chi connectivity index (χ3v) is 4.46. The molecule has 2 aromatic carbocycles. The van der Waals surface area contributed by atoms with Crippen LogP contribution in [0.2, 0.25) is 0 Å². The molecule has 2 rings (SSSR count). The summed E-state index contributed by atoms with van der Waals surface area (Å²) in [7, 11) is 0. The van der Waals surface area contributed by atoms with Gasteiger partial charge in [-0.2, -0.15) is 0 Å². The number of rotatable bonds is 7. The maximum absolute atomic E-state index is 12.4. The van der Waals surface area contributed by atoms with Crippen LogP contribution in [-0.4, -0.2) is 30.6 Å². The SMILES string of the molecule is Cc1cccc(NC(=O)COC(=O)[C@@H](NC(=O)Nc2ccccc2)C(C)C)c1C. The minimum absolute atomic E-state index is 0.217. The largest absolute Gasteiger partial charge is 0.454 e. The fourth-order valence-electron chi connectivity index (χ4n) is 2.63. The smallest absolute Gasteiger partial charge is 0.329 e. The van der Waals surface area contributed by atoms with Gasteiger partial charge in [0.05, 0.1) is 0 Å². The van der Waals surface area contributed by atoms with E-state index in [2.05, 4.69) is 16.0 Å². The molecule has 0 bridgehead atoms. The Hall–Kier alpha value is -3.35. The molecular weight excluding hydrogens is 370 g/mol. The zero-order valence-corrected chi connectivity index (χ0v) is 17.1. The van der Waals surface area contributed by atoms with Crippen LogP contribution in [-0.2, 0) is 14.3 Å². The predicted molar refractivity (Wildman–Crippen MR) is 113 cm³/mol. The zero-order chi connectivity index (χ0) is 21.4. The molecule has 3 amide bonds. The monoisotopic (exact) mass is 397 g/mol. The molecule has 1 atom stereocenters. The van der Waals surface area contributed by atoms with E-state index in [-0.39, 0.29) is 5.92 Å². The van der Waals surface area contributed by atoms with Crippen molar-refractivity contribution in [2.45, 2.75) is 33.7 Å². The first kappa shape index (κ1) is 21.9. The van der Waals surface area contributed by atoms with Crippen LogP contribution in [0, 0.1) is 19.8 Å². The average Bonchev–Trinajstić information content (AvgIpc) is 2.68. The summed E-state index contributed by atoms with van der Waals surface area (Å²) < 4.78 is 5.13. The lowest BCUT2D eigenvalue weighted by molar-refractivity contribution is -0.150. The van der Waals surface area contributed by atoms with Gasteiger partial charge in [-0.1, -0.05) is 44.2 Å². The molecule has 0 aliphatic heterocycles. The van der Waals surface area contributed by atoms with Crippen molar-refractivity contribution in [1.29, 1.82) is 0 Å². The number of hydrogen-bond acceptors (Lipinski definition) is 4. The van der Waals surface area contributed by atoms with Crippen LogP contribution in [0.4, 0.5) is 16.2 Å². The summed E-state index contributed by atoms with van der Waals surface area (Å²) >= 11 is 0. The Bertz CT molecular complexity index is 866. The number of esters is 1. The van der Waals surface area contributed by atoms with E-state index < -0.39 is 30.6 Å². The molecule has 2 aromatic rings. The molecule has 0 saturated carbocycles. The third-order valence-electron chi connectivity index (χ3n) is 4.46. The Morgan fingerprint density at radius 2 is 1.62 bits per heavy atom. The second-order valence-corrected chi connectivity index (χ2v) is 7.09. The Labute approximate surface area is 170 Å². The number of aryl methyl sites for hydroxylation is 1. The fourth-order valence-corrected chi connectivity index (χ4v) is 2.63. The number of carbonyl (C=O) groups excluding carboxylic acids is 3. The highest BCUT2D eigenvalue weighted by molar-refractivity contribution is 5.95. The van der Waals surface area contributed by atoms with Gasteiger partial charge < -0.3 is 20.7 Å². The molecule has 7 nitrogen and oxygen atoms in total. The highest BCUT2D eigenvalue weighted by Gasteiger charge is 2.26. The van der Waals surface area contributed by atoms with Gasteiger partial charge in [-0.25, -0.2) is 9.59 Å². The number of nitrogens with one attached hydrogen (secondary N) is 3. The lowest BCUT2D eigenvalue weighted by Crippen LogP contribution is -2.47. The second-order valence-electron chi connectivity index (χ2n) is 7.09. The van der Waals surface area contributed by atoms with Crippen molar-refractivity contribution in [1.82, 2.24) is 5.32 Å². The fraction of sp³-hybridized carbons (Fsp3) is 0.318. The molecule has 7 heteroatoms. The lowest BCUT2D eigenvalue weighted by atomic mass is 10.1. The topological polar surface area (TPSA) is 96.5 Å². The van der Waals surface area contributed by atoms with Crippen molar-refractivity contribution in [3.05, 3.63) is 59.7 Å². The summed E-state index contributed by atoms with van der Waals surface area (Å²) in [5.74, 6) is -1.33. The molecule has 3 N–H and O–H groups in total. The Kier molecular flexibility index (Phi) is 7.77. The number of carbonyl (C=O) groups is 3. The van der Waals surface area contributed by atoms with Crippen molar-refractivity contribution in [2.24, 2.45) is 5.92 Å². The molecule has 0 aliphatic carbocycles. The number of para-hydroxylation sites is 1. The lowest BCUT2D eigenvalue weighted by Gasteiger charge is -2.21. The van der Waals surface area contributed by atoms with Crippen LogP contribution in [0.15, 0.2) is 48.5 Å². The normalized spacial score (nSPS) is 11.5. The van der Waals surface area contributed by atoms with Crippen molar-refractivity contribution in [2.75, 3.05) is 17.2 Å². The molecule has 0 heterocycles. The van der Waals surface area contributed by atoms with Crippen LogP contribution in [0.5, 0.6) is 0 Å². The molecule has 0 aromatic heterocycles. The van der Waals surface area contributed by atoms with Crippen molar-refractivity contribution >= 4 is 29.3 Å². The molecule has 0 saturated heterocycles. The van der Waals surface area contributed by atoms with Gasteiger partial charge >= 0.3 is 12.0 Å². The standard InChI is InChI=1S/C22H27N3O4/c1-14(2)20(25-22(28)23-17-10-6-5-7-11-17)21(27)29-13-19(26)24-18-12-8-9-15(3)16(18)4/h5-12,14,20H,13H2,1-4H3,(H,24,26)(H2,23,25,28)/t20-/m0/s1. The number of benzene rings is 2. The summed E-state index contributed by atoms with van der Waals surface area (Å²) in [6.45, 7) is 6.98. The van der Waals surface area contributed by atoms with Gasteiger partial charge in [0.2, 0.25) is 0 Å². The van der Waals surface area contributed by atoms with E-state index in [4.69, 9.17) is 4.74 Å². The minimum atomic E-state index is -0.882. The Balaban J connectivity index is 1.89. The van der Waals surface area contributed by atoms with Gasteiger partial charge in [-0.3, -0.25) is 4.79 Å². The van der Waals surface area contributed by atoms with E-state index in [1.54, 1.807) is 44.2 Å². The number of hydrogen-bond donors (Lipinski definition) is 3. The van der Waals surface area contributed by atoms with Gasteiger partial charge in [0, 0.05) is 11.4 Å².